The molecule has 7 heterocycles. The van der Waals surface area contributed by atoms with E-state index in [0.29, 0.717) is 193 Å². The molecule has 4 aromatic heterocycles. The minimum Gasteiger partial charge on any atom is -0.495 e. The summed E-state index contributed by atoms with van der Waals surface area (Å²) in [6, 6.07) is 5.74. The number of ketones is 3. The van der Waals surface area contributed by atoms with E-state index in [0.717, 1.165) is 82.9 Å². The smallest absolute Gasteiger partial charge is 0.329 e. The van der Waals surface area contributed by atoms with Crippen LogP contribution in [-0.4, -0.2) is 301 Å². The van der Waals surface area contributed by atoms with Gasteiger partial charge in [0.05, 0.1) is 147 Å². The highest BCUT2D eigenvalue weighted by Crippen LogP contribution is 2.42. The Labute approximate surface area is 768 Å². The number of methoxy groups -OCH3 is 3. The Balaban J connectivity index is 0.536. The Bertz CT molecular complexity index is 4540. The van der Waals surface area contributed by atoms with Crippen molar-refractivity contribution in [2.45, 2.75) is 243 Å². The van der Waals surface area contributed by atoms with Gasteiger partial charge in [-0.25, -0.2) is 24.0 Å². The van der Waals surface area contributed by atoms with E-state index < -0.39 is 95.4 Å². The van der Waals surface area contributed by atoms with Gasteiger partial charge in [-0.2, -0.15) is 5.10 Å². The number of nitrogens with two attached hydrogens (primary N) is 2. The number of ether oxygens (including phenoxy) is 13. The van der Waals surface area contributed by atoms with Gasteiger partial charge in [-0.1, -0.05) is 81.5 Å². The summed E-state index contributed by atoms with van der Waals surface area (Å²) in [5, 5.41) is 54.7. The fourth-order valence-electron chi connectivity index (χ4n) is 17.9. The number of amides is 3. The summed E-state index contributed by atoms with van der Waals surface area (Å²) in [5.74, 6) is -7.20. The monoisotopic (exact) mass is 1830 g/mol. The first-order chi connectivity index (χ1) is 63.3. The third kappa shape index (κ3) is 31.2. The zero-order chi connectivity index (χ0) is 93.8. The minimum absolute atomic E-state index is 0.0192. The number of hydrogen-bond acceptors (Lipinski definition) is 30. The lowest BCUT2D eigenvalue weighted by atomic mass is 9.80. The molecule has 10 N–H and O–H groups in total. The molecule has 726 valence electrons. The van der Waals surface area contributed by atoms with Crippen LogP contribution in [0.4, 0.5) is 5.82 Å². The van der Waals surface area contributed by atoms with Gasteiger partial charge in [0.2, 0.25) is 17.6 Å². The van der Waals surface area contributed by atoms with Crippen LogP contribution in [0, 0.1) is 35.5 Å². The number of aliphatic hydroxyl groups excluding tert-OH is 2. The number of cyclic esters (lactones) is 1. The second-order valence-corrected chi connectivity index (χ2v) is 35.4. The minimum atomic E-state index is -2.49. The number of Topliss-reactive ketones (excluding diaryl/α,β-unsaturated/α-hetero) is 3. The number of aromatic nitrogens is 8. The summed E-state index contributed by atoms with van der Waals surface area (Å²) in [5.41, 5.74) is 18.3. The maximum atomic E-state index is 14.7. The number of para-hydroxylation sites is 1. The highest BCUT2D eigenvalue weighted by atomic mass is 16.6. The zero-order valence-electron chi connectivity index (χ0n) is 78.0. The van der Waals surface area contributed by atoms with Crippen molar-refractivity contribution in [3.63, 3.8) is 0 Å². The van der Waals surface area contributed by atoms with Crippen molar-refractivity contribution >= 4 is 63.3 Å². The molecule has 36 nitrogen and oxygen atoms in total. The largest absolute Gasteiger partial charge is 0.495 e. The maximum Gasteiger partial charge on any atom is 0.329 e. The molecule has 5 aromatic rings. The molecule has 131 heavy (non-hydrogen) atoms. The van der Waals surface area contributed by atoms with E-state index >= 15 is 0 Å². The highest BCUT2D eigenvalue weighted by molar-refractivity contribution is 6.39. The van der Waals surface area contributed by atoms with Crippen molar-refractivity contribution in [1.82, 2.24) is 55.1 Å². The number of allylic oxidation sites excluding steroid dienone is 6. The van der Waals surface area contributed by atoms with Crippen LogP contribution in [0.1, 0.15) is 181 Å². The molecule has 10 rings (SSSR count). The molecule has 0 unspecified atom stereocenters. The number of imidazole rings is 1. The van der Waals surface area contributed by atoms with Gasteiger partial charge in [0.1, 0.15) is 59.2 Å². The molecule has 15 atom stereocenters. The number of hydrogen-bond donors (Lipinski definition) is 8. The normalized spacial score (nSPS) is 27.8. The molecule has 2 saturated heterocycles. The number of anilines is 1. The number of nitrogens with zero attached hydrogens (tertiary/aromatic N) is 8. The van der Waals surface area contributed by atoms with Crippen molar-refractivity contribution in [3.8, 4) is 17.1 Å². The molecule has 3 aliphatic heterocycles. The van der Waals surface area contributed by atoms with Crippen LogP contribution in [0.25, 0.3) is 27.8 Å². The molecule has 2 bridgehead atoms. The van der Waals surface area contributed by atoms with E-state index in [1.165, 1.54) is 19.3 Å². The topological polar surface area (TPSA) is 469 Å². The van der Waals surface area contributed by atoms with Crippen LogP contribution >= 0.6 is 0 Å². The molecule has 3 amide bonds. The van der Waals surface area contributed by atoms with Gasteiger partial charge in [-0.15, -0.1) is 5.10 Å². The van der Waals surface area contributed by atoms with E-state index in [9.17, 15) is 48.9 Å². The Morgan fingerprint density at radius 3 is 2.13 bits per heavy atom. The van der Waals surface area contributed by atoms with Gasteiger partial charge in [-0.05, 0) is 158 Å². The number of esters is 1. The molecule has 0 radical (unpaired) electrons. The first-order valence-electron chi connectivity index (χ1n) is 46.9. The van der Waals surface area contributed by atoms with Crippen LogP contribution in [0.5, 0.6) is 5.75 Å². The number of aromatic amines is 1. The van der Waals surface area contributed by atoms with Gasteiger partial charge in [0.15, 0.2) is 11.6 Å². The van der Waals surface area contributed by atoms with Crippen LogP contribution in [0.3, 0.4) is 0 Å². The lowest BCUT2D eigenvalue weighted by molar-refractivity contribution is -0.265. The average molecular weight is 1840 g/mol. The molecule has 1 aromatic carbocycles. The third-order valence-electron chi connectivity index (χ3n) is 25.7. The zero-order valence-corrected chi connectivity index (χ0v) is 78.0. The summed E-state index contributed by atoms with van der Waals surface area (Å²) in [6.45, 7) is 17.3. The number of unbranched alkanes of at least 4 members (excludes halogenated alkanes) is 1. The summed E-state index contributed by atoms with van der Waals surface area (Å²) < 4.78 is 79.4. The Morgan fingerprint density at radius 2 is 1.43 bits per heavy atom. The molecular formula is C95H143N13O23. The number of benzene rings is 1. The van der Waals surface area contributed by atoms with Crippen molar-refractivity contribution in [3.05, 3.63) is 95.9 Å². The fraction of sp³-hybridized carbons (Fsp3) is 0.684. The Morgan fingerprint density at radius 1 is 0.733 bits per heavy atom. The van der Waals surface area contributed by atoms with Crippen LogP contribution in [0.2, 0.25) is 0 Å². The third-order valence-corrected chi connectivity index (χ3v) is 25.7. The molecule has 2 saturated carbocycles. The van der Waals surface area contributed by atoms with Crippen LogP contribution < -0.4 is 26.8 Å². The number of H-pyrrole nitrogens is 1. The predicted molar refractivity (Wildman–Crippen MR) is 486 cm³/mol. The van der Waals surface area contributed by atoms with Crippen LogP contribution in [0.15, 0.2) is 84.4 Å². The second kappa shape index (κ2) is 54.0. The van der Waals surface area contributed by atoms with Crippen molar-refractivity contribution in [2.24, 2.45) is 41.2 Å². The predicted octanol–water partition coefficient (Wildman–Crippen LogP) is 7.75. The molecule has 4 fully saturated rings. The van der Waals surface area contributed by atoms with Crippen molar-refractivity contribution in [1.29, 1.82) is 0 Å². The number of carbonyl (C=O) groups excluding carboxylic acids is 7. The van der Waals surface area contributed by atoms with E-state index in [2.05, 4.69) is 36.0 Å². The molecular weight excluding hydrogens is 1690 g/mol. The number of carbonyl (C=O) groups is 7. The second-order valence-electron chi connectivity index (χ2n) is 35.4. The summed E-state index contributed by atoms with van der Waals surface area (Å²) in [6.07, 6.45) is 18.1. The van der Waals surface area contributed by atoms with E-state index in [4.69, 9.17) is 78.0 Å². The highest BCUT2D eigenvalue weighted by Gasteiger charge is 2.53. The first-order valence-corrected chi connectivity index (χ1v) is 46.9. The van der Waals surface area contributed by atoms with E-state index in [1.54, 1.807) is 51.3 Å². The van der Waals surface area contributed by atoms with Gasteiger partial charge in [0, 0.05) is 107 Å². The van der Waals surface area contributed by atoms with E-state index in [-0.39, 0.29) is 92.1 Å². The quantitative estimate of drug-likeness (QED) is 0.00801. The van der Waals surface area contributed by atoms with Crippen molar-refractivity contribution < 1.29 is 110 Å². The van der Waals surface area contributed by atoms with Crippen molar-refractivity contribution in [2.75, 3.05) is 146 Å². The van der Waals surface area contributed by atoms with Gasteiger partial charge >= 0.3 is 5.97 Å². The van der Waals surface area contributed by atoms with Gasteiger partial charge in [-0.3, -0.25) is 28.8 Å². The molecule has 0 spiro atoms. The molecule has 36 heteroatoms. The van der Waals surface area contributed by atoms with Gasteiger partial charge < -0.3 is 109 Å². The summed E-state index contributed by atoms with van der Waals surface area (Å²) in [7, 11) is 4.84. The standard InChI is InChI=1S/C95H143N13O23/c1-61-18-11-10-12-19-62(2)79(120-8)57-72-30-24-66(6)95(118,131-72)89(114)93(116)107-35-15-13-22-75(107)94(117)130-80(58-76(109)63(3)53-65(5)87(112)88(113)86(111)64(4)52-61)73(96)54-67-25-31-77(81(55-67)121-9)129-37-16-14-21-71-59-106(105-104-71)36-41-125-45-49-128-51-50-126-46-42-122-38-32-82(110)98-33-39-123-43-47-127-48-44-124-40-34-99-92(115)69-28-26-68(27-29-69)91-103-84(85-90(97)100-60-101-108(85)91)74-56-70-20-17-23-78(119-7)83(70)102-74/h10-12,17-20,23,53,56,59-61,63-64,66-69,72-73,75,77,79-81,87-88,102,112-113,118H,13-16,21-22,24-52,54-55,57-58,96H2,1-9H3,(H,98,110)(H,99,115)(H2,97,100,101)/b12-10+,18-11+,62-19+,65-53+/t61-,63-,64-,66-,67+,68-,69-,72+,73-,75+,77-,79+,80+,81-,87-,88+,95-/m1/s1. The van der Waals surface area contributed by atoms with E-state index in [1.807, 2.05) is 74.7 Å². The number of piperidine rings is 1. The Kier molecular flexibility index (Phi) is 43.0. The maximum absolute atomic E-state index is 14.7. The molecule has 5 aliphatic rings. The number of aliphatic hydroxyl groups is 3. The Hall–Kier alpha value is -8.70. The lowest BCUT2D eigenvalue weighted by Gasteiger charge is -2.42. The number of nitrogen functional groups attached to an aromatic ring is 1. The number of aryl methyl sites for hydroxylation is 1. The summed E-state index contributed by atoms with van der Waals surface area (Å²) in [4.78, 5) is 111. The molecule has 2 aliphatic carbocycles. The SMILES string of the molecule is COc1cccc2cc(-c3nc([C@H]4CC[C@H](C(=O)NCCOCCOCCOCCNC(=O)CCOCCOCCOCCOCCn5cc(CCCCO[C@@H]6CC[C@@H](C[C@@H](N)[C@@H]7CC(=O)[C@H](C)/C=C(\C)[C@@H](O)[C@@H](O)C(=O)[C@H](C)C[C@H](C)/C=C/C=C/C=C(\C)[C@@H](OC)C[C@@H]8CC[C@@H](C)[C@@](O)(O8)C(=O)C(=O)N8CCCC[C@H]8C(=O)O7)C[C@H]6OC)nn5)CC4)n4ncnc(N)c34)[nH]c12. The number of rotatable bonds is 42. The fourth-order valence-corrected chi connectivity index (χ4v) is 17.9. The average Bonchev–Trinajstić information content (AvgIpc) is 1.68. The van der Waals surface area contributed by atoms with Gasteiger partial charge in [0.25, 0.3) is 11.7 Å². The number of fused-ring (bicyclic) bond motifs is 5. The lowest BCUT2D eigenvalue weighted by Crippen LogP contribution is -2.61. The summed E-state index contributed by atoms with van der Waals surface area (Å²) >= 11 is 0. The van der Waals surface area contributed by atoms with Crippen LogP contribution in [-0.2, 0) is 103 Å². The first kappa shape index (κ1) is 104. The number of nitrogens with one attached hydrogen (secondary N) is 3.